The molecule has 1 aliphatic heterocycles. The molecule has 1 saturated heterocycles. The van der Waals surface area contributed by atoms with Crippen molar-refractivity contribution in [1.29, 1.82) is 0 Å². The maximum absolute atomic E-state index is 12.9. The van der Waals surface area contributed by atoms with Gasteiger partial charge in [0.2, 0.25) is 0 Å². The second-order valence-corrected chi connectivity index (χ2v) is 5.86. The summed E-state index contributed by atoms with van der Waals surface area (Å²) in [5, 5.41) is 0. The molecule has 4 heteroatoms. The number of hydrogen-bond acceptors (Lipinski definition) is 3. The molecule has 1 aromatic carbocycles. The Hall–Kier alpha value is -1.13. The van der Waals surface area contributed by atoms with Gasteiger partial charge in [0.05, 0.1) is 0 Å². The molecule has 118 valence electrons. The smallest absolute Gasteiger partial charge is 0.123 e. The third kappa shape index (κ3) is 5.64. The summed E-state index contributed by atoms with van der Waals surface area (Å²) in [6, 6.07) is 6.84. The highest BCUT2D eigenvalue weighted by molar-refractivity contribution is 5.46. The summed E-state index contributed by atoms with van der Waals surface area (Å²) in [4.78, 5) is 4.89. The summed E-state index contributed by atoms with van der Waals surface area (Å²) in [5.74, 6) is -0.160. The van der Waals surface area contributed by atoms with E-state index in [2.05, 4.69) is 9.80 Å². The van der Waals surface area contributed by atoms with Crippen LogP contribution in [0.3, 0.4) is 0 Å². The molecule has 0 bridgehead atoms. The molecule has 2 rings (SSSR count). The van der Waals surface area contributed by atoms with Crippen LogP contribution in [0.5, 0.6) is 0 Å². The fraction of sp³-hybridized carbons (Fsp3) is 0.647. The van der Waals surface area contributed by atoms with Crippen LogP contribution < -0.4 is 10.6 Å². The zero-order valence-corrected chi connectivity index (χ0v) is 12.9. The molecule has 0 aliphatic carbocycles. The van der Waals surface area contributed by atoms with Crippen molar-refractivity contribution in [3.8, 4) is 0 Å². The van der Waals surface area contributed by atoms with Crippen LogP contribution >= 0.6 is 0 Å². The lowest BCUT2D eigenvalue weighted by molar-refractivity contribution is 0.252. The lowest BCUT2D eigenvalue weighted by Crippen LogP contribution is -2.46. The topological polar surface area (TPSA) is 32.5 Å². The summed E-state index contributed by atoms with van der Waals surface area (Å²) in [6.45, 7) is 6.34. The number of benzene rings is 1. The number of piperazine rings is 1. The Labute approximate surface area is 127 Å². The van der Waals surface area contributed by atoms with Crippen LogP contribution in [0, 0.1) is 5.82 Å². The molecule has 0 spiro atoms. The van der Waals surface area contributed by atoms with Crippen molar-refractivity contribution in [2.45, 2.75) is 32.1 Å². The fourth-order valence-corrected chi connectivity index (χ4v) is 2.89. The molecule has 21 heavy (non-hydrogen) atoms. The van der Waals surface area contributed by atoms with Crippen molar-refractivity contribution in [1.82, 2.24) is 4.90 Å². The average Bonchev–Trinajstić information content (AvgIpc) is 2.52. The summed E-state index contributed by atoms with van der Waals surface area (Å²) in [6.07, 6.45) is 6.36. The van der Waals surface area contributed by atoms with Gasteiger partial charge in [0.1, 0.15) is 5.82 Å². The minimum Gasteiger partial charge on any atom is -0.369 e. The fourth-order valence-electron chi connectivity index (χ4n) is 2.89. The zero-order valence-electron chi connectivity index (χ0n) is 12.9. The monoisotopic (exact) mass is 293 g/mol. The standard InChI is InChI=1S/C17H28FN3/c18-16-6-8-17(9-7-16)21-14-12-20(13-15-21)11-5-3-1-2-4-10-19/h6-9H,1-5,10-15,19H2. The van der Waals surface area contributed by atoms with E-state index in [9.17, 15) is 4.39 Å². The molecule has 0 amide bonds. The Morgan fingerprint density at radius 2 is 1.48 bits per heavy atom. The lowest BCUT2D eigenvalue weighted by atomic mass is 10.1. The highest BCUT2D eigenvalue weighted by atomic mass is 19.1. The number of unbranched alkanes of at least 4 members (excludes halogenated alkanes) is 4. The molecule has 0 unspecified atom stereocenters. The number of rotatable bonds is 8. The first-order valence-electron chi connectivity index (χ1n) is 8.22. The molecule has 1 fully saturated rings. The zero-order chi connectivity index (χ0) is 14.9. The molecule has 0 atom stereocenters. The first-order chi connectivity index (χ1) is 10.3. The summed E-state index contributed by atoms with van der Waals surface area (Å²) in [5.41, 5.74) is 6.63. The maximum Gasteiger partial charge on any atom is 0.123 e. The van der Waals surface area contributed by atoms with Gasteiger partial charge < -0.3 is 10.6 Å². The van der Waals surface area contributed by atoms with Crippen molar-refractivity contribution in [3.05, 3.63) is 30.1 Å². The van der Waals surface area contributed by atoms with Gasteiger partial charge in [-0.2, -0.15) is 0 Å². The van der Waals surface area contributed by atoms with E-state index in [1.165, 1.54) is 32.2 Å². The van der Waals surface area contributed by atoms with Crippen LogP contribution in [0.25, 0.3) is 0 Å². The Balaban J connectivity index is 1.61. The van der Waals surface area contributed by atoms with Crippen LogP contribution in [0.15, 0.2) is 24.3 Å². The number of nitrogens with two attached hydrogens (primary N) is 1. The van der Waals surface area contributed by atoms with Crippen molar-refractivity contribution < 1.29 is 4.39 Å². The van der Waals surface area contributed by atoms with Gasteiger partial charge in [-0.3, -0.25) is 4.90 Å². The van der Waals surface area contributed by atoms with E-state index in [4.69, 9.17) is 5.73 Å². The maximum atomic E-state index is 12.9. The number of hydrogen-bond donors (Lipinski definition) is 1. The second kappa shape index (κ2) is 9.00. The van der Waals surface area contributed by atoms with Gasteiger partial charge in [0.25, 0.3) is 0 Å². The number of nitrogens with zero attached hydrogens (tertiary/aromatic N) is 2. The third-order valence-electron chi connectivity index (χ3n) is 4.24. The van der Waals surface area contributed by atoms with E-state index in [1.807, 2.05) is 12.1 Å². The molecule has 0 aromatic heterocycles. The van der Waals surface area contributed by atoms with Crippen molar-refractivity contribution in [2.75, 3.05) is 44.2 Å². The van der Waals surface area contributed by atoms with E-state index in [0.717, 1.165) is 44.8 Å². The van der Waals surface area contributed by atoms with Crippen LogP contribution in [0.1, 0.15) is 32.1 Å². The van der Waals surface area contributed by atoms with Crippen LogP contribution in [0.2, 0.25) is 0 Å². The Morgan fingerprint density at radius 3 is 2.14 bits per heavy atom. The van der Waals surface area contributed by atoms with Crippen LogP contribution in [-0.2, 0) is 0 Å². The van der Waals surface area contributed by atoms with Crippen molar-refractivity contribution in [2.24, 2.45) is 5.73 Å². The molecule has 0 saturated carbocycles. The van der Waals surface area contributed by atoms with Gasteiger partial charge in [0, 0.05) is 31.9 Å². The first-order valence-corrected chi connectivity index (χ1v) is 8.22. The predicted molar refractivity (Wildman–Crippen MR) is 87.2 cm³/mol. The Morgan fingerprint density at radius 1 is 0.857 bits per heavy atom. The van der Waals surface area contributed by atoms with Crippen LogP contribution in [-0.4, -0.2) is 44.2 Å². The first kappa shape index (κ1) is 16.2. The largest absolute Gasteiger partial charge is 0.369 e. The SMILES string of the molecule is NCCCCCCCN1CCN(c2ccc(F)cc2)CC1. The Kier molecular flexibility index (Phi) is 6.96. The van der Waals surface area contributed by atoms with E-state index < -0.39 is 0 Å². The molecule has 2 N–H and O–H groups in total. The summed E-state index contributed by atoms with van der Waals surface area (Å²) in [7, 11) is 0. The number of halogens is 1. The van der Waals surface area contributed by atoms with E-state index in [1.54, 1.807) is 12.1 Å². The third-order valence-corrected chi connectivity index (χ3v) is 4.24. The van der Waals surface area contributed by atoms with E-state index >= 15 is 0 Å². The molecular formula is C17H28FN3. The number of anilines is 1. The van der Waals surface area contributed by atoms with Crippen molar-refractivity contribution in [3.63, 3.8) is 0 Å². The molecular weight excluding hydrogens is 265 g/mol. The van der Waals surface area contributed by atoms with Gasteiger partial charge in [0.15, 0.2) is 0 Å². The van der Waals surface area contributed by atoms with Gasteiger partial charge in [-0.05, 0) is 50.2 Å². The minimum absolute atomic E-state index is 0.160. The summed E-state index contributed by atoms with van der Waals surface area (Å²) >= 11 is 0. The predicted octanol–water partition coefficient (Wildman–Crippen LogP) is 2.86. The highest BCUT2D eigenvalue weighted by Crippen LogP contribution is 2.17. The second-order valence-electron chi connectivity index (χ2n) is 5.86. The van der Waals surface area contributed by atoms with E-state index in [-0.39, 0.29) is 5.82 Å². The quantitative estimate of drug-likeness (QED) is 0.748. The van der Waals surface area contributed by atoms with Crippen LogP contribution in [0.4, 0.5) is 10.1 Å². The normalized spacial score (nSPS) is 16.4. The van der Waals surface area contributed by atoms with Gasteiger partial charge in [-0.1, -0.05) is 19.3 Å². The molecule has 0 radical (unpaired) electrons. The molecule has 1 aliphatic rings. The van der Waals surface area contributed by atoms with Gasteiger partial charge in [-0.25, -0.2) is 4.39 Å². The molecule has 3 nitrogen and oxygen atoms in total. The highest BCUT2D eigenvalue weighted by Gasteiger charge is 2.16. The summed E-state index contributed by atoms with van der Waals surface area (Å²) < 4.78 is 12.9. The minimum atomic E-state index is -0.160. The molecule has 1 heterocycles. The average molecular weight is 293 g/mol. The van der Waals surface area contributed by atoms with Crippen molar-refractivity contribution >= 4 is 5.69 Å². The Bertz CT molecular complexity index is 386. The van der Waals surface area contributed by atoms with Gasteiger partial charge in [-0.15, -0.1) is 0 Å². The lowest BCUT2D eigenvalue weighted by Gasteiger charge is -2.36. The van der Waals surface area contributed by atoms with Gasteiger partial charge >= 0.3 is 0 Å². The van der Waals surface area contributed by atoms with E-state index in [0.29, 0.717) is 0 Å². The molecule has 1 aromatic rings.